The predicted molar refractivity (Wildman–Crippen MR) is 86.3 cm³/mol. The Labute approximate surface area is 130 Å². The van der Waals surface area contributed by atoms with Gasteiger partial charge < -0.3 is 10.4 Å². The first-order chi connectivity index (χ1) is 10.2. The van der Waals surface area contributed by atoms with Crippen molar-refractivity contribution in [3.05, 3.63) is 70.7 Å². The van der Waals surface area contributed by atoms with Gasteiger partial charge in [-0.1, -0.05) is 54.1 Å². The van der Waals surface area contributed by atoms with Gasteiger partial charge in [0, 0.05) is 17.6 Å². The Kier molecular flexibility index (Phi) is 4.59. The average molecular weight is 302 g/mol. The summed E-state index contributed by atoms with van der Waals surface area (Å²) in [4.78, 5) is 0. The van der Waals surface area contributed by atoms with Gasteiger partial charge in [-0.15, -0.1) is 0 Å². The molecule has 1 aliphatic carbocycles. The van der Waals surface area contributed by atoms with E-state index in [1.807, 2.05) is 42.5 Å². The van der Waals surface area contributed by atoms with Crippen molar-refractivity contribution in [2.45, 2.75) is 25.0 Å². The van der Waals surface area contributed by atoms with E-state index in [0.29, 0.717) is 18.5 Å². The van der Waals surface area contributed by atoms with Crippen molar-refractivity contribution in [3.63, 3.8) is 0 Å². The number of halogens is 1. The molecule has 2 unspecified atom stereocenters. The SMILES string of the molecule is OC(CNC(c1ccc(Cl)cc1)C1CC1)c1ccccc1. The molecule has 2 aromatic carbocycles. The number of aliphatic hydroxyl groups excluding tert-OH is 1. The van der Waals surface area contributed by atoms with Crippen LogP contribution in [0.3, 0.4) is 0 Å². The Morgan fingerprint density at radius 2 is 1.67 bits per heavy atom. The maximum absolute atomic E-state index is 10.3. The fourth-order valence-electron chi connectivity index (χ4n) is 2.69. The van der Waals surface area contributed by atoms with E-state index >= 15 is 0 Å². The van der Waals surface area contributed by atoms with Crippen molar-refractivity contribution >= 4 is 11.6 Å². The minimum atomic E-state index is -0.472. The van der Waals surface area contributed by atoms with Crippen molar-refractivity contribution < 1.29 is 5.11 Å². The van der Waals surface area contributed by atoms with Gasteiger partial charge in [-0.25, -0.2) is 0 Å². The normalized spacial score (nSPS) is 17.4. The van der Waals surface area contributed by atoms with Crippen molar-refractivity contribution in [2.24, 2.45) is 5.92 Å². The van der Waals surface area contributed by atoms with E-state index in [1.165, 1.54) is 18.4 Å². The van der Waals surface area contributed by atoms with Crippen molar-refractivity contribution in [3.8, 4) is 0 Å². The minimum absolute atomic E-state index is 0.306. The van der Waals surface area contributed by atoms with E-state index in [4.69, 9.17) is 11.6 Å². The van der Waals surface area contributed by atoms with Crippen LogP contribution in [0.15, 0.2) is 54.6 Å². The summed E-state index contributed by atoms with van der Waals surface area (Å²) >= 11 is 5.96. The third-order valence-corrected chi connectivity index (χ3v) is 4.29. The highest BCUT2D eigenvalue weighted by Crippen LogP contribution is 2.41. The zero-order valence-electron chi connectivity index (χ0n) is 11.9. The lowest BCUT2D eigenvalue weighted by Gasteiger charge is -2.21. The van der Waals surface area contributed by atoms with E-state index < -0.39 is 6.10 Å². The third kappa shape index (κ3) is 3.85. The van der Waals surface area contributed by atoms with Crippen LogP contribution < -0.4 is 5.32 Å². The lowest BCUT2D eigenvalue weighted by molar-refractivity contribution is 0.168. The Hall–Kier alpha value is -1.35. The van der Waals surface area contributed by atoms with Crippen molar-refractivity contribution in [2.75, 3.05) is 6.54 Å². The van der Waals surface area contributed by atoms with Crippen molar-refractivity contribution in [1.29, 1.82) is 0 Å². The zero-order valence-corrected chi connectivity index (χ0v) is 12.6. The Morgan fingerprint density at radius 3 is 2.29 bits per heavy atom. The first-order valence-corrected chi connectivity index (χ1v) is 7.83. The highest BCUT2D eigenvalue weighted by atomic mass is 35.5. The summed E-state index contributed by atoms with van der Waals surface area (Å²) in [6.07, 6.45) is 2.03. The molecule has 1 saturated carbocycles. The van der Waals surface area contributed by atoms with Crippen LogP contribution in [0.25, 0.3) is 0 Å². The second-order valence-corrected chi connectivity index (χ2v) is 6.14. The molecule has 0 saturated heterocycles. The molecule has 0 radical (unpaired) electrons. The van der Waals surface area contributed by atoms with Gasteiger partial charge in [-0.05, 0) is 42.0 Å². The fraction of sp³-hybridized carbons (Fsp3) is 0.333. The number of aliphatic hydroxyl groups is 1. The topological polar surface area (TPSA) is 32.3 Å². The molecule has 0 bridgehead atoms. The molecule has 2 atom stereocenters. The molecule has 3 heteroatoms. The molecule has 0 amide bonds. The van der Waals surface area contributed by atoms with Crippen LogP contribution in [0.5, 0.6) is 0 Å². The first kappa shape index (κ1) is 14.6. The molecule has 0 spiro atoms. The molecule has 1 fully saturated rings. The molecule has 110 valence electrons. The van der Waals surface area contributed by atoms with Crippen LogP contribution in [-0.4, -0.2) is 11.7 Å². The predicted octanol–water partition coefficient (Wildman–Crippen LogP) is 4.11. The van der Waals surface area contributed by atoms with Crippen molar-refractivity contribution in [1.82, 2.24) is 5.32 Å². The molecule has 0 heterocycles. The molecular weight excluding hydrogens is 282 g/mol. The molecule has 2 nitrogen and oxygen atoms in total. The van der Waals surface area contributed by atoms with Gasteiger partial charge in [-0.3, -0.25) is 0 Å². The maximum atomic E-state index is 10.3. The number of benzene rings is 2. The lowest BCUT2D eigenvalue weighted by Crippen LogP contribution is -2.27. The van der Waals surface area contributed by atoms with Gasteiger partial charge in [0.15, 0.2) is 0 Å². The van der Waals surface area contributed by atoms with Gasteiger partial charge >= 0.3 is 0 Å². The second-order valence-electron chi connectivity index (χ2n) is 5.70. The smallest absolute Gasteiger partial charge is 0.0914 e. The van der Waals surface area contributed by atoms with E-state index in [-0.39, 0.29) is 0 Å². The van der Waals surface area contributed by atoms with Gasteiger partial charge in [0.05, 0.1) is 6.10 Å². The average Bonchev–Trinajstić information content (AvgIpc) is 3.35. The summed E-state index contributed by atoms with van der Waals surface area (Å²) < 4.78 is 0. The molecule has 0 aromatic heterocycles. The fourth-order valence-corrected chi connectivity index (χ4v) is 2.81. The van der Waals surface area contributed by atoms with E-state index in [2.05, 4.69) is 17.4 Å². The van der Waals surface area contributed by atoms with Crippen LogP contribution in [0.4, 0.5) is 0 Å². The molecule has 3 rings (SSSR count). The summed E-state index contributed by atoms with van der Waals surface area (Å²) in [7, 11) is 0. The van der Waals surface area contributed by atoms with Gasteiger partial charge in [0.2, 0.25) is 0 Å². The highest BCUT2D eigenvalue weighted by Gasteiger charge is 2.32. The van der Waals surface area contributed by atoms with Crippen LogP contribution in [0.1, 0.15) is 36.1 Å². The van der Waals surface area contributed by atoms with Gasteiger partial charge in [-0.2, -0.15) is 0 Å². The number of rotatable bonds is 6. The molecular formula is C18H20ClNO. The monoisotopic (exact) mass is 301 g/mol. The Balaban J connectivity index is 1.65. The molecule has 1 aliphatic rings. The van der Waals surface area contributed by atoms with E-state index in [9.17, 15) is 5.11 Å². The summed E-state index contributed by atoms with van der Waals surface area (Å²) in [5.74, 6) is 0.675. The van der Waals surface area contributed by atoms with Crippen LogP contribution in [0.2, 0.25) is 5.02 Å². The largest absolute Gasteiger partial charge is 0.387 e. The lowest BCUT2D eigenvalue weighted by atomic mass is 10.0. The highest BCUT2D eigenvalue weighted by molar-refractivity contribution is 6.30. The molecule has 2 aromatic rings. The van der Waals surface area contributed by atoms with E-state index in [0.717, 1.165) is 10.6 Å². The molecule has 0 aliphatic heterocycles. The summed E-state index contributed by atoms with van der Waals surface area (Å²) in [6, 6.07) is 18.1. The van der Waals surface area contributed by atoms with Gasteiger partial charge in [0.25, 0.3) is 0 Å². The summed E-state index contributed by atoms with van der Waals surface area (Å²) in [6.45, 7) is 0.563. The molecule has 21 heavy (non-hydrogen) atoms. The first-order valence-electron chi connectivity index (χ1n) is 7.46. The number of hydrogen-bond acceptors (Lipinski definition) is 2. The Morgan fingerprint density at radius 1 is 1.00 bits per heavy atom. The molecule has 2 N–H and O–H groups in total. The summed E-state index contributed by atoms with van der Waals surface area (Å²) in [5, 5.41) is 14.6. The summed E-state index contributed by atoms with van der Waals surface area (Å²) in [5.41, 5.74) is 2.21. The van der Waals surface area contributed by atoms with Crippen LogP contribution in [0, 0.1) is 5.92 Å². The standard InChI is InChI=1S/C18H20ClNO/c19-16-10-8-15(9-11-16)18(14-6-7-14)20-12-17(21)13-4-2-1-3-5-13/h1-5,8-11,14,17-18,20-21H,6-7,12H2. The Bertz CT molecular complexity index is 566. The minimum Gasteiger partial charge on any atom is -0.387 e. The quantitative estimate of drug-likeness (QED) is 0.841. The third-order valence-electron chi connectivity index (χ3n) is 4.04. The van der Waals surface area contributed by atoms with E-state index in [1.54, 1.807) is 0 Å². The van der Waals surface area contributed by atoms with Crippen LogP contribution in [-0.2, 0) is 0 Å². The number of nitrogens with one attached hydrogen (secondary N) is 1. The maximum Gasteiger partial charge on any atom is 0.0914 e. The van der Waals surface area contributed by atoms with Crippen LogP contribution >= 0.6 is 11.6 Å². The van der Waals surface area contributed by atoms with Gasteiger partial charge in [0.1, 0.15) is 0 Å². The zero-order chi connectivity index (χ0) is 14.7. The number of hydrogen-bond donors (Lipinski definition) is 2. The second kappa shape index (κ2) is 6.61.